The van der Waals surface area contributed by atoms with Crippen molar-refractivity contribution in [2.45, 2.75) is 19.3 Å². The van der Waals surface area contributed by atoms with Crippen molar-refractivity contribution in [2.24, 2.45) is 0 Å². The predicted octanol–water partition coefficient (Wildman–Crippen LogP) is 17.9. The lowest BCUT2D eigenvalue weighted by Crippen LogP contribution is -2.14. The molecule has 67 heavy (non-hydrogen) atoms. The quantitative estimate of drug-likeness (QED) is 0.145. The zero-order valence-electron chi connectivity index (χ0n) is 37.5. The lowest BCUT2D eigenvalue weighted by atomic mass is 9.82. The molecule has 13 rings (SSSR count). The largest absolute Gasteiger partial charge is 0.310 e. The Labute approximate surface area is 391 Å². The number of hydrogen-bond donors (Lipinski definition) is 0. The molecule has 0 radical (unpaired) electrons. The summed E-state index contributed by atoms with van der Waals surface area (Å²) in [4.78, 5) is 2.41. The lowest BCUT2D eigenvalue weighted by Gasteiger charge is -2.27. The summed E-state index contributed by atoms with van der Waals surface area (Å²) in [5, 5.41) is 7.57. The Kier molecular flexibility index (Phi) is 8.91. The fourth-order valence-electron chi connectivity index (χ4n) is 11.2. The van der Waals surface area contributed by atoms with E-state index in [4.69, 9.17) is 0 Å². The number of anilines is 3. The molecule has 0 bridgehead atoms. The second-order valence-corrected chi connectivity index (χ2v) is 18.5. The van der Waals surface area contributed by atoms with Gasteiger partial charge in [-0.25, -0.2) is 0 Å². The zero-order chi connectivity index (χ0) is 44.6. The van der Waals surface area contributed by atoms with Crippen LogP contribution < -0.4 is 4.90 Å². The minimum absolute atomic E-state index is 0.0591. The third kappa shape index (κ3) is 6.18. The van der Waals surface area contributed by atoms with E-state index in [2.05, 4.69) is 266 Å². The first-order chi connectivity index (χ1) is 33.0. The van der Waals surface area contributed by atoms with Gasteiger partial charge in [-0.15, -0.1) is 0 Å². The van der Waals surface area contributed by atoms with Crippen molar-refractivity contribution in [3.63, 3.8) is 0 Å². The van der Waals surface area contributed by atoms with E-state index in [1.807, 2.05) is 0 Å². The molecule has 0 saturated carbocycles. The van der Waals surface area contributed by atoms with Gasteiger partial charge in [0.1, 0.15) is 0 Å². The zero-order valence-corrected chi connectivity index (χ0v) is 37.5. The van der Waals surface area contributed by atoms with Gasteiger partial charge in [-0.05, 0) is 138 Å². The molecular formula is C65H46N2. The van der Waals surface area contributed by atoms with Crippen LogP contribution in [-0.4, -0.2) is 4.57 Å². The molecule has 0 spiro atoms. The average Bonchev–Trinajstić information content (AvgIpc) is 3.85. The molecule has 2 nitrogen and oxygen atoms in total. The van der Waals surface area contributed by atoms with Gasteiger partial charge in [0.15, 0.2) is 0 Å². The first-order valence-corrected chi connectivity index (χ1v) is 23.3. The second-order valence-electron chi connectivity index (χ2n) is 18.5. The van der Waals surface area contributed by atoms with Gasteiger partial charge in [0, 0.05) is 38.9 Å². The molecule has 316 valence electrons. The summed E-state index contributed by atoms with van der Waals surface area (Å²) >= 11 is 0. The summed E-state index contributed by atoms with van der Waals surface area (Å²) < 4.78 is 2.40. The Bertz CT molecular complexity index is 3870. The Morgan fingerprint density at radius 1 is 0.343 bits per heavy atom. The van der Waals surface area contributed by atoms with Crippen LogP contribution in [0.15, 0.2) is 243 Å². The predicted molar refractivity (Wildman–Crippen MR) is 284 cm³/mol. The molecule has 0 atom stereocenters. The van der Waals surface area contributed by atoms with Gasteiger partial charge in [-0.2, -0.15) is 0 Å². The first kappa shape index (κ1) is 39.0. The van der Waals surface area contributed by atoms with Crippen molar-refractivity contribution in [3.05, 3.63) is 254 Å². The first-order valence-electron chi connectivity index (χ1n) is 23.3. The molecule has 12 aromatic rings. The van der Waals surface area contributed by atoms with Gasteiger partial charge in [0.05, 0.1) is 11.0 Å². The molecule has 1 aromatic heterocycles. The average molecular weight is 855 g/mol. The number of benzene rings is 11. The monoisotopic (exact) mass is 854 g/mol. The second kappa shape index (κ2) is 15.3. The van der Waals surface area contributed by atoms with Crippen molar-refractivity contribution in [1.29, 1.82) is 0 Å². The molecule has 1 aliphatic rings. The number of rotatable bonds is 7. The molecule has 1 heterocycles. The number of nitrogens with zero attached hydrogens (tertiary/aromatic N) is 2. The standard InChI is InChI=1S/C65H46N2/c1-65(2)59-28-10-8-22-57(59)63-53(25-14-29-60(63)65)45-34-39-49(40-35-45)66(48-37-32-44(33-38-48)52-24-13-27-55-51-21-7-6-16-43(51)36-41-56(52)55)50-20-12-17-46(42-50)54-26-15-31-62-64(54)58-23-9-11-30-61(58)67(62)47-18-4-3-5-19-47/h3-42H,1-2H3. The highest BCUT2D eigenvalue weighted by Crippen LogP contribution is 2.52. The number of para-hydroxylation sites is 2. The Balaban J connectivity index is 0.956. The molecular weight excluding hydrogens is 809 g/mol. The van der Waals surface area contributed by atoms with Gasteiger partial charge >= 0.3 is 0 Å². The minimum atomic E-state index is -0.0591. The lowest BCUT2D eigenvalue weighted by molar-refractivity contribution is 0.660. The van der Waals surface area contributed by atoms with Gasteiger partial charge in [-0.3, -0.25) is 0 Å². The molecule has 1 aliphatic carbocycles. The Morgan fingerprint density at radius 2 is 0.925 bits per heavy atom. The van der Waals surface area contributed by atoms with E-state index < -0.39 is 0 Å². The number of aromatic nitrogens is 1. The van der Waals surface area contributed by atoms with Crippen molar-refractivity contribution in [1.82, 2.24) is 4.57 Å². The molecule has 0 aliphatic heterocycles. The molecule has 0 N–H and O–H groups in total. The van der Waals surface area contributed by atoms with Crippen LogP contribution in [0.4, 0.5) is 17.1 Å². The highest BCUT2D eigenvalue weighted by molar-refractivity contribution is 6.16. The molecule has 11 aromatic carbocycles. The van der Waals surface area contributed by atoms with E-state index in [-0.39, 0.29) is 5.41 Å². The SMILES string of the molecule is CC1(C)c2ccccc2-c2c(-c3ccc(N(c4ccc(-c5cccc6c5ccc5ccccc56)cc4)c4cccc(-c5cccc6c5c5ccccc5n6-c5ccccc5)c4)cc3)cccc21. The molecule has 0 saturated heterocycles. The van der Waals surface area contributed by atoms with Crippen LogP contribution in [0.5, 0.6) is 0 Å². The smallest absolute Gasteiger partial charge is 0.0547 e. The van der Waals surface area contributed by atoms with Crippen LogP contribution in [-0.2, 0) is 5.41 Å². The van der Waals surface area contributed by atoms with Crippen molar-refractivity contribution >= 4 is 60.4 Å². The number of fused-ring (bicyclic) bond motifs is 9. The molecule has 0 fully saturated rings. The fraction of sp³-hybridized carbons (Fsp3) is 0.0462. The Morgan fingerprint density at radius 3 is 1.75 bits per heavy atom. The van der Waals surface area contributed by atoms with Crippen LogP contribution in [0.3, 0.4) is 0 Å². The number of hydrogen-bond acceptors (Lipinski definition) is 1. The van der Waals surface area contributed by atoms with Gasteiger partial charge < -0.3 is 9.47 Å². The summed E-state index contributed by atoms with van der Waals surface area (Å²) in [6, 6.07) is 89.3. The van der Waals surface area contributed by atoms with E-state index in [9.17, 15) is 0 Å². The van der Waals surface area contributed by atoms with Gasteiger partial charge in [0.25, 0.3) is 0 Å². The third-order valence-corrected chi connectivity index (χ3v) is 14.4. The third-order valence-electron chi connectivity index (χ3n) is 14.4. The van der Waals surface area contributed by atoms with Crippen LogP contribution in [0.2, 0.25) is 0 Å². The van der Waals surface area contributed by atoms with Crippen LogP contribution in [0, 0.1) is 0 Å². The van der Waals surface area contributed by atoms with Crippen LogP contribution >= 0.6 is 0 Å². The summed E-state index contributed by atoms with van der Waals surface area (Å²) in [5.74, 6) is 0. The summed E-state index contributed by atoms with van der Waals surface area (Å²) in [5.41, 5.74) is 19.5. The van der Waals surface area contributed by atoms with Gasteiger partial charge in [-0.1, -0.05) is 196 Å². The van der Waals surface area contributed by atoms with Crippen LogP contribution in [0.25, 0.3) is 93.5 Å². The highest BCUT2D eigenvalue weighted by atomic mass is 15.1. The van der Waals surface area contributed by atoms with Crippen molar-refractivity contribution < 1.29 is 0 Å². The van der Waals surface area contributed by atoms with E-state index in [1.165, 1.54) is 99.0 Å². The summed E-state index contributed by atoms with van der Waals surface area (Å²) in [6.45, 7) is 4.71. The van der Waals surface area contributed by atoms with Crippen molar-refractivity contribution in [3.8, 4) is 50.2 Å². The molecule has 2 heteroatoms. The topological polar surface area (TPSA) is 8.17 Å². The maximum atomic E-state index is 2.41. The summed E-state index contributed by atoms with van der Waals surface area (Å²) in [6.07, 6.45) is 0. The summed E-state index contributed by atoms with van der Waals surface area (Å²) in [7, 11) is 0. The van der Waals surface area contributed by atoms with E-state index in [0.717, 1.165) is 22.7 Å². The van der Waals surface area contributed by atoms with Crippen LogP contribution in [0.1, 0.15) is 25.0 Å². The molecule has 0 amide bonds. The minimum Gasteiger partial charge on any atom is -0.310 e. The maximum absolute atomic E-state index is 2.41. The molecule has 0 unspecified atom stereocenters. The fourth-order valence-corrected chi connectivity index (χ4v) is 11.2. The van der Waals surface area contributed by atoms with E-state index in [1.54, 1.807) is 0 Å². The highest BCUT2D eigenvalue weighted by Gasteiger charge is 2.36. The van der Waals surface area contributed by atoms with E-state index >= 15 is 0 Å². The van der Waals surface area contributed by atoms with E-state index in [0.29, 0.717) is 0 Å². The van der Waals surface area contributed by atoms with Gasteiger partial charge in [0.2, 0.25) is 0 Å². The maximum Gasteiger partial charge on any atom is 0.0547 e. The van der Waals surface area contributed by atoms with Crippen molar-refractivity contribution in [2.75, 3.05) is 4.90 Å². The normalized spacial score (nSPS) is 12.7. The Hall–Kier alpha value is -8.46.